The number of imide groups is 1. The van der Waals surface area contributed by atoms with Gasteiger partial charge < -0.3 is 10.5 Å². The standard InChI is InChI=1S/C12H14N2O3.ClH/c13-10(8-9-4-2-1-3-5-9)11(15)14-6-7-17-12(14)16;/h1-5,10H,6-8,13H2;1H/t10-;/m0./s1. The molecule has 1 atom stereocenters. The second-order valence-electron chi connectivity index (χ2n) is 3.90. The monoisotopic (exact) mass is 270 g/mol. The summed E-state index contributed by atoms with van der Waals surface area (Å²) in [6.07, 6.45) is -0.179. The smallest absolute Gasteiger partial charge is 0.416 e. The van der Waals surface area contributed by atoms with Crippen LogP contribution < -0.4 is 5.73 Å². The molecule has 0 aliphatic carbocycles. The fourth-order valence-electron chi connectivity index (χ4n) is 1.75. The van der Waals surface area contributed by atoms with Gasteiger partial charge in [-0.3, -0.25) is 4.79 Å². The molecule has 18 heavy (non-hydrogen) atoms. The zero-order valence-corrected chi connectivity index (χ0v) is 10.6. The van der Waals surface area contributed by atoms with E-state index in [1.165, 1.54) is 0 Å². The van der Waals surface area contributed by atoms with Crippen LogP contribution in [0.25, 0.3) is 0 Å². The van der Waals surface area contributed by atoms with Gasteiger partial charge in [-0.1, -0.05) is 30.3 Å². The molecule has 1 aliphatic heterocycles. The first-order valence-electron chi connectivity index (χ1n) is 5.46. The van der Waals surface area contributed by atoms with Crippen LogP contribution in [0.3, 0.4) is 0 Å². The summed E-state index contributed by atoms with van der Waals surface area (Å²) in [5.41, 5.74) is 6.77. The SMILES string of the molecule is Cl.N[C@@H](Cc1ccccc1)C(=O)N1CCOC1=O. The number of amides is 2. The van der Waals surface area contributed by atoms with Crippen LogP contribution in [0.5, 0.6) is 0 Å². The predicted octanol–water partition coefficient (Wildman–Crippen LogP) is 0.957. The predicted molar refractivity (Wildman–Crippen MR) is 68.4 cm³/mol. The molecule has 0 aromatic heterocycles. The van der Waals surface area contributed by atoms with Gasteiger partial charge in [0.15, 0.2) is 0 Å². The largest absolute Gasteiger partial charge is 0.447 e. The molecule has 0 spiro atoms. The third kappa shape index (κ3) is 3.21. The molecule has 6 heteroatoms. The number of nitrogens with zero attached hydrogens (tertiary/aromatic N) is 1. The summed E-state index contributed by atoms with van der Waals surface area (Å²) in [5.74, 6) is -0.378. The lowest BCUT2D eigenvalue weighted by molar-refractivity contribution is -0.129. The van der Waals surface area contributed by atoms with Crippen LogP contribution in [0.4, 0.5) is 4.79 Å². The lowest BCUT2D eigenvalue weighted by Crippen LogP contribution is -2.45. The molecule has 0 unspecified atom stereocenters. The Labute approximate surface area is 111 Å². The zero-order valence-electron chi connectivity index (χ0n) is 9.74. The Morgan fingerprint density at radius 1 is 1.39 bits per heavy atom. The average Bonchev–Trinajstić information content (AvgIpc) is 2.76. The number of carbonyl (C=O) groups is 2. The summed E-state index contributed by atoms with van der Waals surface area (Å²) in [7, 11) is 0. The summed E-state index contributed by atoms with van der Waals surface area (Å²) in [4.78, 5) is 24.1. The molecule has 98 valence electrons. The van der Waals surface area contributed by atoms with E-state index < -0.39 is 12.1 Å². The maximum Gasteiger partial charge on any atom is 0.416 e. The summed E-state index contributed by atoms with van der Waals surface area (Å²) in [6, 6.07) is 8.76. The molecule has 1 aromatic rings. The van der Waals surface area contributed by atoms with Gasteiger partial charge in [-0.15, -0.1) is 12.4 Å². The number of rotatable bonds is 3. The minimum Gasteiger partial charge on any atom is -0.447 e. The first-order valence-corrected chi connectivity index (χ1v) is 5.46. The lowest BCUT2D eigenvalue weighted by Gasteiger charge is -2.16. The van der Waals surface area contributed by atoms with Gasteiger partial charge in [0.2, 0.25) is 5.91 Å². The average molecular weight is 271 g/mol. The first-order chi connectivity index (χ1) is 8.18. The van der Waals surface area contributed by atoms with Crippen LogP contribution in [-0.4, -0.2) is 36.1 Å². The second kappa shape index (κ2) is 6.37. The molecular formula is C12H15ClN2O3. The van der Waals surface area contributed by atoms with Crippen LogP contribution in [0, 0.1) is 0 Å². The van der Waals surface area contributed by atoms with Crippen molar-refractivity contribution in [2.75, 3.05) is 13.2 Å². The minimum atomic E-state index is -0.706. The van der Waals surface area contributed by atoms with E-state index in [1.807, 2.05) is 30.3 Å². The topological polar surface area (TPSA) is 72.6 Å². The van der Waals surface area contributed by atoms with E-state index in [2.05, 4.69) is 0 Å². The normalized spacial score (nSPS) is 15.8. The first kappa shape index (κ1) is 14.5. The molecule has 2 rings (SSSR count). The van der Waals surface area contributed by atoms with Crippen molar-refractivity contribution in [3.8, 4) is 0 Å². The number of hydrogen-bond donors (Lipinski definition) is 1. The van der Waals surface area contributed by atoms with Crippen molar-refractivity contribution < 1.29 is 14.3 Å². The van der Waals surface area contributed by atoms with E-state index in [0.717, 1.165) is 10.5 Å². The van der Waals surface area contributed by atoms with Crippen molar-refractivity contribution in [1.82, 2.24) is 4.90 Å². The zero-order chi connectivity index (χ0) is 12.3. The van der Waals surface area contributed by atoms with Gasteiger partial charge in [0.25, 0.3) is 0 Å². The molecule has 1 aliphatic rings. The van der Waals surface area contributed by atoms with Crippen molar-refractivity contribution in [3.05, 3.63) is 35.9 Å². The van der Waals surface area contributed by atoms with Crippen LogP contribution >= 0.6 is 12.4 Å². The number of halogens is 1. The molecule has 0 bridgehead atoms. The molecule has 1 saturated heterocycles. The van der Waals surface area contributed by atoms with Crippen LogP contribution in [0.2, 0.25) is 0 Å². The minimum absolute atomic E-state index is 0. The lowest BCUT2D eigenvalue weighted by atomic mass is 10.1. The van der Waals surface area contributed by atoms with Gasteiger partial charge >= 0.3 is 6.09 Å². The molecule has 5 nitrogen and oxygen atoms in total. The number of nitrogens with two attached hydrogens (primary N) is 1. The van der Waals surface area contributed by atoms with Crippen molar-refractivity contribution in [3.63, 3.8) is 0 Å². The highest BCUT2D eigenvalue weighted by Crippen LogP contribution is 2.08. The Balaban J connectivity index is 0.00000162. The van der Waals surface area contributed by atoms with E-state index in [9.17, 15) is 9.59 Å². The molecule has 0 radical (unpaired) electrons. The van der Waals surface area contributed by atoms with Gasteiger partial charge in [-0.2, -0.15) is 0 Å². The highest BCUT2D eigenvalue weighted by Gasteiger charge is 2.31. The number of benzene rings is 1. The van der Waals surface area contributed by atoms with E-state index in [-0.39, 0.29) is 24.9 Å². The molecule has 1 fully saturated rings. The Bertz CT molecular complexity index is 425. The third-order valence-electron chi connectivity index (χ3n) is 2.64. The molecule has 0 saturated carbocycles. The van der Waals surface area contributed by atoms with Crippen molar-refractivity contribution >= 4 is 24.4 Å². The van der Waals surface area contributed by atoms with Crippen LogP contribution in [0.15, 0.2) is 30.3 Å². The van der Waals surface area contributed by atoms with E-state index in [0.29, 0.717) is 13.0 Å². The molecule has 2 N–H and O–H groups in total. The Kier molecular flexibility index (Phi) is 5.12. The van der Waals surface area contributed by atoms with Crippen molar-refractivity contribution in [2.45, 2.75) is 12.5 Å². The van der Waals surface area contributed by atoms with Crippen LogP contribution in [0.1, 0.15) is 5.56 Å². The fourth-order valence-corrected chi connectivity index (χ4v) is 1.75. The van der Waals surface area contributed by atoms with Gasteiger partial charge in [-0.05, 0) is 12.0 Å². The highest BCUT2D eigenvalue weighted by atomic mass is 35.5. The summed E-state index contributed by atoms with van der Waals surface area (Å²) in [5, 5.41) is 0. The Hall–Kier alpha value is -1.59. The summed E-state index contributed by atoms with van der Waals surface area (Å²) >= 11 is 0. The van der Waals surface area contributed by atoms with Crippen molar-refractivity contribution in [1.29, 1.82) is 0 Å². The van der Waals surface area contributed by atoms with Gasteiger partial charge in [-0.25, -0.2) is 9.69 Å². The van der Waals surface area contributed by atoms with Crippen LogP contribution in [-0.2, 0) is 16.0 Å². The van der Waals surface area contributed by atoms with E-state index in [1.54, 1.807) is 0 Å². The fraction of sp³-hybridized carbons (Fsp3) is 0.333. The number of carbonyl (C=O) groups excluding carboxylic acids is 2. The van der Waals surface area contributed by atoms with E-state index in [4.69, 9.17) is 10.5 Å². The Morgan fingerprint density at radius 2 is 2.06 bits per heavy atom. The van der Waals surface area contributed by atoms with Gasteiger partial charge in [0.05, 0.1) is 12.6 Å². The summed E-state index contributed by atoms with van der Waals surface area (Å²) < 4.78 is 4.70. The third-order valence-corrected chi connectivity index (χ3v) is 2.64. The maximum atomic E-state index is 11.9. The highest BCUT2D eigenvalue weighted by molar-refractivity contribution is 5.95. The van der Waals surface area contributed by atoms with Gasteiger partial charge in [0.1, 0.15) is 6.61 Å². The number of hydrogen-bond acceptors (Lipinski definition) is 4. The molecule has 1 heterocycles. The van der Waals surface area contributed by atoms with E-state index >= 15 is 0 Å². The quantitative estimate of drug-likeness (QED) is 0.888. The van der Waals surface area contributed by atoms with Crippen molar-refractivity contribution in [2.24, 2.45) is 5.73 Å². The summed E-state index contributed by atoms with van der Waals surface area (Å²) in [6.45, 7) is 0.544. The second-order valence-corrected chi connectivity index (χ2v) is 3.90. The van der Waals surface area contributed by atoms with Gasteiger partial charge in [0, 0.05) is 0 Å². The Morgan fingerprint density at radius 3 is 2.61 bits per heavy atom. The number of cyclic esters (lactones) is 1. The number of ether oxygens (including phenoxy) is 1. The molecule has 2 amide bonds. The maximum absolute atomic E-state index is 11.9. The molecular weight excluding hydrogens is 256 g/mol. The molecule has 1 aromatic carbocycles.